The van der Waals surface area contributed by atoms with Crippen LogP contribution in [0, 0.1) is 0 Å². The maximum absolute atomic E-state index is 11.9. The number of benzene rings is 1. The number of thiocarbonyl (C=S) groups is 1. The SMILES string of the molecule is CCOCC(=O)NNC(=S)NC(=O)c1ccc(Cl)cc1Cl. The van der Waals surface area contributed by atoms with Crippen molar-refractivity contribution in [1.82, 2.24) is 16.2 Å². The Morgan fingerprint density at radius 3 is 2.62 bits per heavy atom. The maximum atomic E-state index is 11.9. The molecule has 1 aromatic carbocycles. The molecule has 0 aliphatic heterocycles. The largest absolute Gasteiger partial charge is 0.372 e. The van der Waals surface area contributed by atoms with Crippen molar-refractivity contribution in [2.45, 2.75) is 6.92 Å². The van der Waals surface area contributed by atoms with Gasteiger partial charge in [-0.05, 0) is 37.3 Å². The van der Waals surface area contributed by atoms with E-state index in [-0.39, 0.29) is 22.3 Å². The van der Waals surface area contributed by atoms with Gasteiger partial charge in [-0.25, -0.2) is 0 Å². The average Bonchev–Trinajstić information content (AvgIpc) is 2.42. The molecular weight excluding hydrogens is 337 g/mol. The fraction of sp³-hybridized carbons (Fsp3) is 0.250. The van der Waals surface area contributed by atoms with E-state index in [1.54, 1.807) is 6.92 Å². The van der Waals surface area contributed by atoms with Crippen LogP contribution in [0.3, 0.4) is 0 Å². The summed E-state index contributed by atoms with van der Waals surface area (Å²) < 4.78 is 4.89. The standard InChI is InChI=1S/C12H13Cl2N3O3S/c1-2-20-6-10(18)16-17-12(21)15-11(19)8-4-3-7(13)5-9(8)14/h3-5H,2,6H2,1H3,(H,16,18)(H2,15,17,19,21). The van der Waals surface area contributed by atoms with Crippen LogP contribution in [0.4, 0.5) is 0 Å². The number of carbonyl (C=O) groups is 2. The molecular formula is C12H13Cl2N3O3S. The Labute approximate surface area is 137 Å². The second-order valence-corrected chi connectivity index (χ2v) is 4.97. The smallest absolute Gasteiger partial charge is 0.264 e. The topological polar surface area (TPSA) is 79.5 Å². The van der Waals surface area contributed by atoms with E-state index in [2.05, 4.69) is 16.2 Å². The third-order valence-corrected chi connectivity index (χ3v) is 2.91. The lowest BCUT2D eigenvalue weighted by atomic mass is 10.2. The fourth-order valence-electron chi connectivity index (χ4n) is 1.23. The van der Waals surface area contributed by atoms with Gasteiger partial charge in [0.25, 0.3) is 11.8 Å². The first-order valence-electron chi connectivity index (χ1n) is 5.87. The van der Waals surface area contributed by atoms with E-state index in [1.807, 2.05) is 0 Å². The number of ether oxygens (including phenoxy) is 1. The average molecular weight is 350 g/mol. The van der Waals surface area contributed by atoms with Gasteiger partial charge in [0.15, 0.2) is 5.11 Å². The Morgan fingerprint density at radius 2 is 2.00 bits per heavy atom. The summed E-state index contributed by atoms with van der Waals surface area (Å²) in [5, 5.41) is 2.91. The van der Waals surface area contributed by atoms with Gasteiger partial charge in [-0.1, -0.05) is 23.2 Å². The van der Waals surface area contributed by atoms with Crippen molar-refractivity contribution in [3.63, 3.8) is 0 Å². The molecule has 0 aromatic heterocycles. The molecule has 6 nitrogen and oxygen atoms in total. The minimum atomic E-state index is -0.520. The molecule has 9 heteroatoms. The Balaban J connectivity index is 2.47. The third-order valence-electron chi connectivity index (χ3n) is 2.16. The zero-order chi connectivity index (χ0) is 15.8. The van der Waals surface area contributed by atoms with Gasteiger partial charge in [0, 0.05) is 11.6 Å². The highest BCUT2D eigenvalue weighted by atomic mass is 35.5. The molecule has 114 valence electrons. The highest BCUT2D eigenvalue weighted by molar-refractivity contribution is 7.80. The summed E-state index contributed by atoms with van der Waals surface area (Å²) in [6.07, 6.45) is 0. The Morgan fingerprint density at radius 1 is 1.29 bits per heavy atom. The first-order chi connectivity index (χ1) is 9.93. The number of halogens is 2. The molecule has 0 unspecified atom stereocenters. The lowest BCUT2D eigenvalue weighted by molar-refractivity contribution is -0.126. The summed E-state index contributed by atoms with van der Waals surface area (Å²) in [6.45, 7) is 2.08. The summed E-state index contributed by atoms with van der Waals surface area (Å²) in [7, 11) is 0. The number of nitrogens with one attached hydrogen (secondary N) is 3. The van der Waals surface area contributed by atoms with Gasteiger partial charge < -0.3 is 4.74 Å². The van der Waals surface area contributed by atoms with Gasteiger partial charge in [0.2, 0.25) is 0 Å². The first kappa shape index (κ1) is 17.6. The number of hydrazine groups is 1. The van der Waals surface area contributed by atoms with Crippen LogP contribution in [0.5, 0.6) is 0 Å². The summed E-state index contributed by atoms with van der Waals surface area (Å²) in [5.41, 5.74) is 4.86. The molecule has 0 aliphatic rings. The number of rotatable bonds is 4. The van der Waals surface area contributed by atoms with Gasteiger partial charge in [-0.15, -0.1) is 0 Å². The zero-order valence-electron chi connectivity index (χ0n) is 11.0. The molecule has 0 bridgehead atoms. The molecule has 3 N–H and O–H groups in total. The molecule has 1 rings (SSSR count). The van der Waals surface area contributed by atoms with E-state index in [4.69, 9.17) is 40.2 Å². The highest BCUT2D eigenvalue weighted by Crippen LogP contribution is 2.20. The van der Waals surface area contributed by atoms with E-state index in [0.717, 1.165) is 0 Å². The summed E-state index contributed by atoms with van der Waals surface area (Å²) >= 11 is 16.5. The highest BCUT2D eigenvalue weighted by Gasteiger charge is 2.12. The van der Waals surface area contributed by atoms with Gasteiger partial charge in [-0.2, -0.15) is 0 Å². The van der Waals surface area contributed by atoms with Crippen LogP contribution in [-0.4, -0.2) is 30.1 Å². The normalized spacial score (nSPS) is 9.86. The van der Waals surface area contributed by atoms with Crippen LogP contribution >= 0.6 is 35.4 Å². The van der Waals surface area contributed by atoms with Crippen molar-refractivity contribution in [1.29, 1.82) is 0 Å². The number of hydrogen-bond acceptors (Lipinski definition) is 4. The van der Waals surface area contributed by atoms with Crippen molar-refractivity contribution in [3.8, 4) is 0 Å². The fourth-order valence-corrected chi connectivity index (χ4v) is 1.87. The number of hydrogen-bond donors (Lipinski definition) is 3. The summed E-state index contributed by atoms with van der Waals surface area (Å²) in [6, 6.07) is 4.44. The molecule has 0 atom stereocenters. The number of carbonyl (C=O) groups excluding carboxylic acids is 2. The Hall–Kier alpha value is -1.41. The van der Waals surface area contributed by atoms with Gasteiger partial charge >= 0.3 is 0 Å². The number of amides is 2. The maximum Gasteiger partial charge on any atom is 0.264 e. The molecule has 21 heavy (non-hydrogen) atoms. The van der Waals surface area contributed by atoms with Gasteiger partial charge in [0.05, 0.1) is 10.6 Å². The second-order valence-electron chi connectivity index (χ2n) is 3.72. The van der Waals surface area contributed by atoms with Crippen molar-refractivity contribution in [2.75, 3.05) is 13.2 Å². The molecule has 0 heterocycles. The molecule has 0 saturated carbocycles. The molecule has 0 radical (unpaired) electrons. The van der Waals surface area contributed by atoms with E-state index in [1.165, 1.54) is 18.2 Å². The quantitative estimate of drug-likeness (QED) is 0.569. The minimum Gasteiger partial charge on any atom is -0.372 e. The Kier molecular flexibility index (Phi) is 7.38. The van der Waals surface area contributed by atoms with Crippen molar-refractivity contribution in [2.24, 2.45) is 0 Å². The molecule has 0 aliphatic carbocycles. The van der Waals surface area contributed by atoms with Gasteiger partial charge in [0.1, 0.15) is 6.61 Å². The molecule has 1 aromatic rings. The van der Waals surface area contributed by atoms with E-state index < -0.39 is 11.8 Å². The van der Waals surface area contributed by atoms with Crippen molar-refractivity contribution in [3.05, 3.63) is 33.8 Å². The van der Waals surface area contributed by atoms with Crippen LogP contribution in [0.15, 0.2) is 18.2 Å². The van der Waals surface area contributed by atoms with Crippen molar-refractivity contribution < 1.29 is 14.3 Å². The molecule has 0 fully saturated rings. The van der Waals surface area contributed by atoms with Crippen LogP contribution in [0.25, 0.3) is 0 Å². The van der Waals surface area contributed by atoms with Crippen LogP contribution < -0.4 is 16.2 Å². The summed E-state index contributed by atoms with van der Waals surface area (Å²) in [5.74, 6) is -0.939. The molecule has 2 amide bonds. The van der Waals surface area contributed by atoms with E-state index >= 15 is 0 Å². The van der Waals surface area contributed by atoms with Crippen LogP contribution in [0.2, 0.25) is 10.0 Å². The van der Waals surface area contributed by atoms with E-state index in [0.29, 0.717) is 11.6 Å². The first-order valence-corrected chi connectivity index (χ1v) is 7.03. The minimum absolute atomic E-state index is 0.0733. The third kappa shape index (κ3) is 6.26. The van der Waals surface area contributed by atoms with E-state index in [9.17, 15) is 9.59 Å². The van der Waals surface area contributed by atoms with Gasteiger partial charge in [-0.3, -0.25) is 25.8 Å². The lowest BCUT2D eigenvalue weighted by Gasteiger charge is -2.11. The Bertz CT molecular complexity index is 555. The van der Waals surface area contributed by atoms with Crippen molar-refractivity contribution >= 4 is 52.3 Å². The predicted octanol–water partition coefficient (Wildman–Crippen LogP) is 1.67. The van der Waals surface area contributed by atoms with Crippen LogP contribution in [0.1, 0.15) is 17.3 Å². The lowest BCUT2D eigenvalue weighted by Crippen LogP contribution is -2.49. The summed E-state index contributed by atoms with van der Waals surface area (Å²) in [4.78, 5) is 23.1. The van der Waals surface area contributed by atoms with Crippen LogP contribution in [-0.2, 0) is 9.53 Å². The molecule has 0 saturated heterocycles. The molecule has 0 spiro atoms. The predicted molar refractivity (Wildman–Crippen MR) is 84.3 cm³/mol. The second kappa shape index (κ2) is 8.78. The monoisotopic (exact) mass is 349 g/mol. The zero-order valence-corrected chi connectivity index (χ0v) is 13.4.